The van der Waals surface area contributed by atoms with Crippen molar-refractivity contribution in [3.8, 4) is 0 Å². The summed E-state index contributed by atoms with van der Waals surface area (Å²) in [6.07, 6.45) is 7.84. The predicted molar refractivity (Wildman–Crippen MR) is 96.7 cm³/mol. The molecule has 0 saturated carbocycles. The number of piperidine rings is 1. The molecule has 1 aromatic carbocycles. The third kappa shape index (κ3) is 2.86. The molecule has 3 aromatic rings. The first kappa shape index (κ1) is 14.7. The number of fused-ring (bicyclic) bond motifs is 3. The third-order valence-electron chi connectivity index (χ3n) is 5.31. The zero-order valence-corrected chi connectivity index (χ0v) is 13.9. The highest BCUT2D eigenvalue weighted by atomic mass is 15.1. The molecular formula is C20H25N3. The highest BCUT2D eigenvalue weighted by Gasteiger charge is 2.15. The van der Waals surface area contributed by atoms with Crippen molar-refractivity contribution in [2.75, 3.05) is 19.6 Å². The Morgan fingerprint density at radius 1 is 1.00 bits per heavy atom. The van der Waals surface area contributed by atoms with Gasteiger partial charge in [-0.15, -0.1) is 0 Å². The van der Waals surface area contributed by atoms with Crippen LogP contribution in [-0.2, 0) is 6.54 Å². The van der Waals surface area contributed by atoms with E-state index in [9.17, 15) is 0 Å². The number of nitrogens with zero attached hydrogens (tertiary/aromatic N) is 3. The van der Waals surface area contributed by atoms with Gasteiger partial charge in [0.25, 0.3) is 0 Å². The van der Waals surface area contributed by atoms with Gasteiger partial charge in [-0.3, -0.25) is 4.98 Å². The van der Waals surface area contributed by atoms with Crippen molar-refractivity contribution in [3.63, 3.8) is 0 Å². The molecule has 1 saturated heterocycles. The minimum atomic E-state index is 0.913. The summed E-state index contributed by atoms with van der Waals surface area (Å²) in [6, 6.07) is 10.9. The van der Waals surface area contributed by atoms with Gasteiger partial charge in [0.15, 0.2) is 0 Å². The van der Waals surface area contributed by atoms with E-state index in [1.807, 2.05) is 12.4 Å². The van der Waals surface area contributed by atoms with Crippen molar-refractivity contribution >= 4 is 21.8 Å². The number of hydrogen-bond donors (Lipinski definition) is 0. The zero-order valence-electron chi connectivity index (χ0n) is 13.9. The number of hydrogen-bond acceptors (Lipinski definition) is 2. The van der Waals surface area contributed by atoms with Gasteiger partial charge in [-0.05, 0) is 56.9 Å². The number of likely N-dealkylation sites (tertiary alicyclic amines) is 1. The van der Waals surface area contributed by atoms with Crippen LogP contribution in [0.4, 0.5) is 0 Å². The van der Waals surface area contributed by atoms with Gasteiger partial charge >= 0.3 is 0 Å². The Balaban J connectivity index is 1.54. The third-order valence-corrected chi connectivity index (χ3v) is 5.31. The molecule has 0 radical (unpaired) electrons. The second-order valence-corrected chi connectivity index (χ2v) is 6.94. The molecule has 1 aliphatic rings. The van der Waals surface area contributed by atoms with Crippen molar-refractivity contribution in [1.82, 2.24) is 14.5 Å². The van der Waals surface area contributed by atoms with Crippen LogP contribution in [0.5, 0.6) is 0 Å². The fraction of sp³-hybridized carbons (Fsp3) is 0.450. The molecule has 3 nitrogen and oxygen atoms in total. The standard InChI is InChI=1S/C20H25N3/c1-16-8-13-22(14-9-16)11-4-12-23-19-6-3-2-5-17(19)18-15-21-10-7-20(18)23/h2-3,5-7,10,15-16H,4,8-9,11-14H2,1H3. The van der Waals surface area contributed by atoms with Crippen molar-refractivity contribution in [1.29, 1.82) is 0 Å². The van der Waals surface area contributed by atoms with Gasteiger partial charge in [0.1, 0.15) is 0 Å². The van der Waals surface area contributed by atoms with Gasteiger partial charge in [0.2, 0.25) is 0 Å². The maximum absolute atomic E-state index is 4.32. The monoisotopic (exact) mass is 307 g/mol. The lowest BCUT2D eigenvalue weighted by Crippen LogP contribution is -2.33. The van der Waals surface area contributed by atoms with Crippen molar-refractivity contribution in [3.05, 3.63) is 42.7 Å². The van der Waals surface area contributed by atoms with Crippen LogP contribution in [0, 0.1) is 5.92 Å². The van der Waals surface area contributed by atoms with Gasteiger partial charge < -0.3 is 9.47 Å². The van der Waals surface area contributed by atoms with Crippen LogP contribution in [0.2, 0.25) is 0 Å². The maximum Gasteiger partial charge on any atom is 0.0522 e. The van der Waals surface area contributed by atoms with Crippen LogP contribution < -0.4 is 0 Å². The van der Waals surface area contributed by atoms with E-state index in [0.717, 1.165) is 12.5 Å². The van der Waals surface area contributed by atoms with Crippen LogP contribution >= 0.6 is 0 Å². The van der Waals surface area contributed by atoms with Gasteiger partial charge in [0, 0.05) is 35.2 Å². The summed E-state index contributed by atoms with van der Waals surface area (Å²) in [4.78, 5) is 6.95. The summed E-state index contributed by atoms with van der Waals surface area (Å²) in [5.41, 5.74) is 2.65. The van der Waals surface area contributed by atoms with Crippen LogP contribution in [-0.4, -0.2) is 34.1 Å². The number of aryl methyl sites for hydroxylation is 1. The lowest BCUT2D eigenvalue weighted by Gasteiger charge is -2.30. The van der Waals surface area contributed by atoms with Crippen LogP contribution in [0.25, 0.3) is 21.8 Å². The average Bonchev–Trinajstić information content (AvgIpc) is 2.91. The minimum Gasteiger partial charge on any atom is -0.340 e. The summed E-state index contributed by atoms with van der Waals surface area (Å²) in [7, 11) is 0. The molecule has 1 aliphatic heterocycles. The average molecular weight is 307 g/mol. The lowest BCUT2D eigenvalue weighted by molar-refractivity contribution is 0.188. The van der Waals surface area contributed by atoms with Crippen LogP contribution in [0.1, 0.15) is 26.2 Å². The van der Waals surface area contributed by atoms with E-state index in [-0.39, 0.29) is 0 Å². The van der Waals surface area contributed by atoms with Gasteiger partial charge in [-0.2, -0.15) is 0 Å². The SMILES string of the molecule is CC1CCN(CCCn2c3ccccc3c3cnccc32)CC1. The Bertz CT molecular complexity index is 744. The maximum atomic E-state index is 4.32. The molecule has 0 bridgehead atoms. The smallest absolute Gasteiger partial charge is 0.0522 e. The number of rotatable bonds is 4. The molecule has 4 rings (SSSR count). The molecule has 0 N–H and O–H groups in total. The molecule has 3 heterocycles. The molecule has 3 heteroatoms. The summed E-state index contributed by atoms with van der Waals surface area (Å²) in [5.74, 6) is 0.913. The van der Waals surface area contributed by atoms with Crippen molar-refractivity contribution < 1.29 is 0 Å². The van der Waals surface area contributed by atoms with Gasteiger partial charge in [-0.1, -0.05) is 25.1 Å². The largest absolute Gasteiger partial charge is 0.340 e. The highest BCUT2D eigenvalue weighted by Crippen LogP contribution is 2.28. The van der Waals surface area contributed by atoms with E-state index in [0.29, 0.717) is 0 Å². The van der Waals surface area contributed by atoms with Crippen LogP contribution in [0.15, 0.2) is 42.7 Å². The Morgan fingerprint density at radius 2 is 1.78 bits per heavy atom. The Labute approximate surface area is 137 Å². The lowest BCUT2D eigenvalue weighted by atomic mass is 9.99. The number of benzene rings is 1. The van der Waals surface area contributed by atoms with Crippen LogP contribution in [0.3, 0.4) is 0 Å². The van der Waals surface area contributed by atoms with E-state index in [1.165, 1.54) is 60.7 Å². The quantitative estimate of drug-likeness (QED) is 0.716. The topological polar surface area (TPSA) is 21.1 Å². The summed E-state index contributed by atoms with van der Waals surface area (Å²) >= 11 is 0. The molecule has 0 aliphatic carbocycles. The summed E-state index contributed by atoms with van der Waals surface area (Å²) in [6.45, 7) is 7.23. The zero-order chi connectivity index (χ0) is 15.6. The fourth-order valence-corrected chi connectivity index (χ4v) is 3.88. The summed E-state index contributed by atoms with van der Waals surface area (Å²) < 4.78 is 2.47. The Morgan fingerprint density at radius 3 is 2.65 bits per heavy atom. The summed E-state index contributed by atoms with van der Waals surface area (Å²) in [5, 5.41) is 2.59. The molecule has 120 valence electrons. The van der Waals surface area contributed by atoms with E-state index >= 15 is 0 Å². The first-order valence-corrected chi connectivity index (χ1v) is 8.86. The molecule has 1 fully saturated rings. The second kappa shape index (κ2) is 6.32. The highest BCUT2D eigenvalue weighted by molar-refractivity contribution is 6.07. The first-order valence-electron chi connectivity index (χ1n) is 8.86. The normalized spacial score (nSPS) is 17.3. The first-order chi connectivity index (χ1) is 11.3. The molecule has 23 heavy (non-hydrogen) atoms. The fourth-order valence-electron chi connectivity index (χ4n) is 3.88. The molecular weight excluding hydrogens is 282 g/mol. The van der Waals surface area contributed by atoms with Gasteiger partial charge in [-0.25, -0.2) is 0 Å². The Hall–Kier alpha value is -1.87. The van der Waals surface area contributed by atoms with Gasteiger partial charge in [0.05, 0.1) is 5.52 Å². The molecule has 0 atom stereocenters. The minimum absolute atomic E-state index is 0.913. The number of aromatic nitrogens is 2. The van der Waals surface area contributed by atoms with E-state index < -0.39 is 0 Å². The van der Waals surface area contributed by atoms with Crippen molar-refractivity contribution in [2.24, 2.45) is 5.92 Å². The molecule has 0 spiro atoms. The van der Waals surface area contributed by atoms with E-state index in [4.69, 9.17) is 0 Å². The number of pyridine rings is 1. The Kier molecular flexibility index (Phi) is 4.04. The molecule has 0 amide bonds. The second-order valence-electron chi connectivity index (χ2n) is 6.94. The van der Waals surface area contributed by atoms with E-state index in [1.54, 1.807) is 0 Å². The molecule has 2 aromatic heterocycles. The van der Waals surface area contributed by atoms with Crippen molar-refractivity contribution in [2.45, 2.75) is 32.7 Å². The number of para-hydroxylation sites is 1. The predicted octanol–water partition coefficient (Wildman–Crippen LogP) is 4.31. The molecule has 0 unspecified atom stereocenters. The van der Waals surface area contributed by atoms with E-state index in [2.05, 4.69) is 51.7 Å².